The van der Waals surface area contributed by atoms with Crippen LogP contribution in [-0.4, -0.2) is 24.0 Å². The summed E-state index contributed by atoms with van der Waals surface area (Å²) >= 11 is 0. The van der Waals surface area contributed by atoms with E-state index in [0.29, 0.717) is 13.0 Å². The fraction of sp³-hybridized carbons (Fsp3) is 0.833. The number of hydrogen-bond acceptors (Lipinski definition) is 4. The highest BCUT2D eigenvalue weighted by atomic mass is 16.5. The molecule has 0 saturated carbocycles. The fourth-order valence-corrected chi connectivity index (χ4v) is 1.50. The highest BCUT2D eigenvalue weighted by Crippen LogP contribution is 2.08. The largest absolute Gasteiger partial charge is 0.466 e. The van der Waals surface area contributed by atoms with Gasteiger partial charge in [0.25, 0.3) is 0 Å². The van der Waals surface area contributed by atoms with Gasteiger partial charge in [0.05, 0.1) is 6.61 Å². The van der Waals surface area contributed by atoms with Crippen LogP contribution in [0.4, 0.5) is 0 Å². The van der Waals surface area contributed by atoms with Crippen molar-refractivity contribution in [1.82, 2.24) is 0 Å². The summed E-state index contributed by atoms with van der Waals surface area (Å²) in [5.41, 5.74) is 0. The van der Waals surface area contributed by atoms with Gasteiger partial charge in [-0.05, 0) is 26.2 Å². The van der Waals surface area contributed by atoms with E-state index in [0.717, 1.165) is 38.5 Å². The Bertz CT molecular complexity index is 193. The Labute approximate surface area is 97.7 Å². The van der Waals surface area contributed by atoms with Crippen molar-refractivity contribution in [3.63, 3.8) is 0 Å². The smallest absolute Gasteiger partial charge is 0.305 e. The summed E-state index contributed by atoms with van der Waals surface area (Å²) in [5, 5.41) is 11.1. The maximum atomic E-state index is 11.0. The summed E-state index contributed by atoms with van der Waals surface area (Å²) in [6.07, 6.45) is 9.51. The van der Waals surface area contributed by atoms with E-state index in [4.69, 9.17) is 9.94 Å². The van der Waals surface area contributed by atoms with E-state index in [1.165, 1.54) is 12.6 Å². The molecular formula is C12H23NO3. The second-order valence-electron chi connectivity index (χ2n) is 3.76. The summed E-state index contributed by atoms with van der Waals surface area (Å²) in [5.74, 6) is -0.0818. The molecule has 0 atom stereocenters. The molecule has 0 aromatic carbocycles. The number of rotatable bonds is 10. The van der Waals surface area contributed by atoms with E-state index < -0.39 is 0 Å². The minimum absolute atomic E-state index is 0.0818. The first-order chi connectivity index (χ1) is 7.81. The first-order valence-electron chi connectivity index (χ1n) is 6.12. The average Bonchev–Trinajstić information content (AvgIpc) is 2.27. The van der Waals surface area contributed by atoms with Crippen LogP contribution in [0.2, 0.25) is 0 Å². The second-order valence-corrected chi connectivity index (χ2v) is 3.76. The van der Waals surface area contributed by atoms with Crippen molar-refractivity contribution in [1.29, 1.82) is 0 Å². The molecule has 0 aromatic rings. The van der Waals surface area contributed by atoms with Crippen LogP contribution in [0, 0.1) is 0 Å². The molecule has 0 aliphatic carbocycles. The Morgan fingerprint density at radius 1 is 1.19 bits per heavy atom. The van der Waals surface area contributed by atoms with E-state index in [-0.39, 0.29) is 5.97 Å². The zero-order valence-electron chi connectivity index (χ0n) is 10.2. The van der Waals surface area contributed by atoms with Crippen molar-refractivity contribution < 1.29 is 14.7 Å². The van der Waals surface area contributed by atoms with Gasteiger partial charge in [-0.15, -0.1) is 5.16 Å². The number of nitrogens with zero attached hydrogens (tertiary/aromatic N) is 1. The van der Waals surface area contributed by atoms with Gasteiger partial charge in [-0.3, -0.25) is 4.79 Å². The third kappa shape index (κ3) is 11.0. The number of esters is 1. The van der Waals surface area contributed by atoms with E-state index in [2.05, 4.69) is 5.16 Å². The highest BCUT2D eigenvalue weighted by molar-refractivity contribution is 5.69. The lowest BCUT2D eigenvalue weighted by atomic mass is 10.1. The predicted molar refractivity (Wildman–Crippen MR) is 63.8 cm³/mol. The van der Waals surface area contributed by atoms with Crippen molar-refractivity contribution in [3.8, 4) is 0 Å². The van der Waals surface area contributed by atoms with Gasteiger partial charge in [0, 0.05) is 12.6 Å². The molecule has 4 heteroatoms. The number of oxime groups is 1. The summed E-state index contributed by atoms with van der Waals surface area (Å²) in [7, 11) is 0. The standard InChI is InChI=1S/C12H23NO3/c1-2-16-12(14)10-8-6-4-3-5-7-9-11-13-15/h11,15H,2-10H2,1H3. The Hall–Kier alpha value is -1.06. The van der Waals surface area contributed by atoms with Crippen LogP contribution in [0.1, 0.15) is 58.3 Å². The predicted octanol–water partition coefficient (Wildman–Crippen LogP) is 3.13. The lowest BCUT2D eigenvalue weighted by Gasteiger charge is -2.01. The quantitative estimate of drug-likeness (QED) is 0.206. The maximum Gasteiger partial charge on any atom is 0.305 e. The SMILES string of the molecule is CCOC(=O)CCCCCCCCC=NO. The molecule has 0 rings (SSSR count). The van der Waals surface area contributed by atoms with Crippen molar-refractivity contribution in [3.05, 3.63) is 0 Å². The molecule has 0 unspecified atom stereocenters. The molecule has 0 radical (unpaired) electrons. The molecule has 4 nitrogen and oxygen atoms in total. The molecule has 0 fully saturated rings. The summed E-state index contributed by atoms with van der Waals surface area (Å²) in [6.45, 7) is 2.30. The number of hydrogen-bond donors (Lipinski definition) is 1. The van der Waals surface area contributed by atoms with Gasteiger partial charge < -0.3 is 9.94 Å². The number of ether oxygens (including phenoxy) is 1. The zero-order valence-corrected chi connectivity index (χ0v) is 10.2. The van der Waals surface area contributed by atoms with Gasteiger partial charge in [-0.25, -0.2) is 0 Å². The van der Waals surface area contributed by atoms with Gasteiger partial charge in [0.1, 0.15) is 0 Å². The van der Waals surface area contributed by atoms with Gasteiger partial charge in [0.2, 0.25) is 0 Å². The lowest BCUT2D eigenvalue weighted by Crippen LogP contribution is -2.03. The van der Waals surface area contributed by atoms with Crippen LogP contribution in [0.3, 0.4) is 0 Å². The number of carbonyl (C=O) groups is 1. The zero-order chi connectivity index (χ0) is 12.1. The molecular weight excluding hydrogens is 206 g/mol. The molecule has 0 bridgehead atoms. The third-order valence-electron chi connectivity index (χ3n) is 2.35. The highest BCUT2D eigenvalue weighted by Gasteiger charge is 2.00. The van der Waals surface area contributed by atoms with Crippen molar-refractivity contribution in [2.45, 2.75) is 58.3 Å². The second kappa shape index (κ2) is 12.0. The van der Waals surface area contributed by atoms with Crippen LogP contribution in [0.25, 0.3) is 0 Å². The molecule has 0 aliphatic heterocycles. The Kier molecular flexibility index (Phi) is 11.2. The van der Waals surface area contributed by atoms with Gasteiger partial charge in [-0.2, -0.15) is 0 Å². The average molecular weight is 229 g/mol. The molecule has 0 saturated heterocycles. The van der Waals surface area contributed by atoms with E-state index >= 15 is 0 Å². The molecule has 0 amide bonds. The molecule has 94 valence electrons. The van der Waals surface area contributed by atoms with Crippen LogP contribution in [0.5, 0.6) is 0 Å². The van der Waals surface area contributed by atoms with Gasteiger partial charge in [-0.1, -0.05) is 25.7 Å². The van der Waals surface area contributed by atoms with Crippen molar-refractivity contribution in [2.24, 2.45) is 5.16 Å². The van der Waals surface area contributed by atoms with Crippen molar-refractivity contribution in [2.75, 3.05) is 6.61 Å². The third-order valence-corrected chi connectivity index (χ3v) is 2.35. The van der Waals surface area contributed by atoms with E-state index in [1.807, 2.05) is 6.92 Å². The van der Waals surface area contributed by atoms with Crippen LogP contribution in [-0.2, 0) is 9.53 Å². The Balaban J connectivity index is 3.06. The molecule has 16 heavy (non-hydrogen) atoms. The molecule has 0 heterocycles. The summed E-state index contributed by atoms with van der Waals surface area (Å²) < 4.78 is 4.84. The number of carbonyl (C=O) groups excluding carboxylic acids is 1. The van der Waals surface area contributed by atoms with Crippen LogP contribution < -0.4 is 0 Å². The van der Waals surface area contributed by atoms with E-state index in [1.54, 1.807) is 0 Å². The fourth-order valence-electron chi connectivity index (χ4n) is 1.50. The van der Waals surface area contributed by atoms with E-state index in [9.17, 15) is 4.79 Å². The minimum Gasteiger partial charge on any atom is -0.466 e. The first kappa shape index (κ1) is 14.9. The monoisotopic (exact) mass is 229 g/mol. The minimum atomic E-state index is -0.0818. The van der Waals surface area contributed by atoms with Crippen LogP contribution in [0.15, 0.2) is 5.16 Å². The van der Waals surface area contributed by atoms with Gasteiger partial charge in [0.15, 0.2) is 0 Å². The number of unbranched alkanes of at least 4 members (excludes halogenated alkanes) is 6. The Morgan fingerprint density at radius 3 is 2.44 bits per heavy atom. The van der Waals surface area contributed by atoms with Gasteiger partial charge >= 0.3 is 5.97 Å². The molecule has 0 spiro atoms. The van der Waals surface area contributed by atoms with Crippen molar-refractivity contribution >= 4 is 12.2 Å². The lowest BCUT2D eigenvalue weighted by molar-refractivity contribution is -0.143. The normalized spacial score (nSPS) is 10.8. The molecule has 0 aromatic heterocycles. The summed E-state index contributed by atoms with van der Waals surface area (Å²) in [6, 6.07) is 0. The van der Waals surface area contributed by atoms with Crippen LogP contribution >= 0.6 is 0 Å². The summed E-state index contributed by atoms with van der Waals surface area (Å²) in [4.78, 5) is 11.0. The first-order valence-corrected chi connectivity index (χ1v) is 6.12. The topological polar surface area (TPSA) is 58.9 Å². The Morgan fingerprint density at radius 2 is 1.81 bits per heavy atom. The maximum absolute atomic E-state index is 11.0. The molecule has 0 aliphatic rings. The molecule has 1 N–H and O–H groups in total.